The summed E-state index contributed by atoms with van der Waals surface area (Å²) in [6.07, 6.45) is 1.36. The Bertz CT molecular complexity index is 650. The third-order valence-electron chi connectivity index (χ3n) is 2.34. The number of aromatic nitrogens is 1. The van der Waals surface area contributed by atoms with Crippen molar-refractivity contribution in [1.82, 2.24) is 4.98 Å². The van der Waals surface area contributed by atoms with Gasteiger partial charge in [0.25, 0.3) is 10.0 Å². The van der Waals surface area contributed by atoms with Crippen LogP contribution in [-0.2, 0) is 16.6 Å². The summed E-state index contributed by atoms with van der Waals surface area (Å²) in [5.74, 6) is 0.398. The highest BCUT2D eigenvalue weighted by Crippen LogP contribution is 2.24. The highest BCUT2D eigenvalue weighted by atomic mass is 32.2. The van der Waals surface area contributed by atoms with Crippen molar-refractivity contribution in [1.29, 1.82) is 0 Å². The van der Waals surface area contributed by atoms with Crippen LogP contribution in [0.2, 0.25) is 0 Å². The smallest absolute Gasteiger partial charge is 0.263 e. The van der Waals surface area contributed by atoms with Gasteiger partial charge in [0.1, 0.15) is 4.90 Å². The van der Waals surface area contributed by atoms with E-state index in [1.165, 1.54) is 30.7 Å². The van der Waals surface area contributed by atoms with Crippen LogP contribution < -0.4 is 9.46 Å². The Labute approximate surface area is 114 Å². The van der Waals surface area contributed by atoms with E-state index in [2.05, 4.69) is 9.71 Å². The summed E-state index contributed by atoms with van der Waals surface area (Å²) in [5, 5.41) is 10.7. The Morgan fingerprint density at radius 1 is 1.42 bits per heavy atom. The van der Waals surface area contributed by atoms with E-state index < -0.39 is 10.0 Å². The van der Waals surface area contributed by atoms with Gasteiger partial charge in [0.15, 0.2) is 0 Å². The lowest BCUT2D eigenvalue weighted by atomic mass is 10.4. The average Bonchev–Trinajstić information content (AvgIpc) is 2.88. The summed E-state index contributed by atoms with van der Waals surface area (Å²) in [6.45, 7) is -0.311. The van der Waals surface area contributed by atoms with E-state index in [0.717, 1.165) is 0 Å². The van der Waals surface area contributed by atoms with Crippen molar-refractivity contribution in [3.05, 3.63) is 34.7 Å². The number of nitrogens with one attached hydrogen (secondary N) is 1. The van der Waals surface area contributed by atoms with Crippen LogP contribution >= 0.6 is 11.3 Å². The summed E-state index contributed by atoms with van der Waals surface area (Å²) in [5.41, 5.74) is 0.330. The zero-order chi connectivity index (χ0) is 13.9. The van der Waals surface area contributed by atoms with Gasteiger partial charge in [-0.15, -0.1) is 11.3 Å². The Morgan fingerprint density at radius 3 is 2.79 bits per heavy atom. The van der Waals surface area contributed by atoms with E-state index >= 15 is 0 Å². The summed E-state index contributed by atoms with van der Waals surface area (Å²) in [4.78, 5) is 4.39. The van der Waals surface area contributed by atoms with Gasteiger partial charge in [-0.1, -0.05) is 0 Å². The minimum Gasteiger partial charge on any atom is -0.481 e. The maximum atomic E-state index is 12.1. The number of aliphatic hydroxyl groups is 1. The molecule has 0 spiro atoms. The zero-order valence-corrected chi connectivity index (χ0v) is 11.7. The highest BCUT2D eigenvalue weighted by molar-refractivity contribution is 7.93. The Hall–Kier alpha value is -1.64. The molecule has 0 amide bonds. The quantitative estimate of drug-likeness (QED) is 0.872. The molecule has 0 radical (unpaired) electrons. The molecule has 0 unspecified atom stereocenters. The van der Waals surface area contributed by atoms with E-state index in [9.17, 15) is 8.42 Å². The lowest BCUT2D eigenvalue weighted by Gasteiger charge is -2.08. The fraction of sp³-hybridized carbons (Fsp3) is 0.182. The van der Waals surface area contributed by atoms with Crippen LogP contribution in [0.3, 0.4) is 0 Å². The molecule has 0 aliphatic carbocycles. The zero-order valence-electron chi connectivity index (χ0n) is 10.0. The second kappa shape index (κ2) is 5.55. The number of sulfonamides is 1. The first-order valence-electron chi connectivity index (χ1n) is 5.27. The molecule has 2 aromatic rings. The van der Waals surface area contributed by atoms with E-state index in [1.807, 2.05) is 0 Å². The minimum absolute atomic E-state index is 0.0795. The van der Waals surface area contributed by atoms with Gasteiger partial charge < -0.3 is 9.84 Å². The number of nitrogens with zero attached hydrogens (tertiary/aromatic N) is 1. The molecule has 2 aromatic heterocycles. The number of pyridine rings is 1. The van der Waals surface area contributed by atoms with Crippen LogP contribution in [-0.4, -0.2) is 25.6 Å². The molecule has 0 aliphatic rings. The Balaban J connectivity index is 2.26. The fourth-order valence-corrected chi connectivity index (χ4v) is 3.79. The normalized spacial score (nSPS) is 11.3. The third-order valence-corrected chi connectivity index (χ3v) is 4.84. The summed E-state index contributed by atoms with van der Waals surface area (Å²) >= 11 is 1.19. The van der Waals surface area contributed by atoms with Crippen molar-refractivity contribution in [3.8, 4) is 5.88 Å². The van der Waals surface area contributed by atoms with Gasteiger partial charge in [0, 0.05) is 6.07 Å². The van der Waals surface area contributed by atoms with E-state index in [1.54, 1.807) is 17.5 Å². The number of methoxy groups -OCH3 is 1. The molecule has 0 saturated heterocycles. The SMILES string of the molecule is COc1ccc(NS(=O)(=O)c2ccsc2CO)cn1. The molecule has 0 aliphatic heterocycles. The Kier molecular flexibility index (Phi) is 4.03. The number of hydrogen-bond donors (Lipinski definition) is 2. The topological polar surface area (TPSA) is 88.5 Å². The average molecular weight is 300 g/mol. The van der Waals surface area contributed by atoms with Crippen molar-refractivity contribution >= 4 is 27.0 Å². The molecule has 2 rings (SSSR count). The van der Waals surface area contributed by atoms with Crippen molar-refractivity contribution in [2.24, 2.45) is 0 Å². The molecule has 0 saturated carbocycles. The number of hydrogen-bond acceptors (Lipinski definition) is 6. The maximum Gasteiger partial charge on any atom is 0.263 e. The maximum absolute atomic E-state index is 12.1. The van der Waals surface area contributed by atoms with Crippen molar-refractivity contribution in [3.63, 3.8) is 0 Å². The van der Waals surface area contributed by atoms with Gasteiger partial charge in [-0.25, -0.2) is 13.4 Å². The molecule has 0 aromatic carbocycles. The van der Waals surface area contributed by atoms with Gasteiger partial charge in [0.05, 0.1) is 30.5 Å². The monoisotopic (exact) mass is 300 g/mol. The first-order chi connectivity index (χ1) is 9.06. The van der Waals surface area contributed by atoms with Gasteiger partial charge in [-0.2, -0.15) is 0 Å². The van der Waals surface area contributed by atoms with Gasteiger partial charge in [-0.3, -0.25) is 4.72 Å². The highest BCUT2D eigenvalue weighted by Gasteiger charge is 2.19. The number of anilines is 1. The molecular weight excluding hydrogens is 288 g/mol. The second-order valence-corrected chi connectivity index (χ2v) is 6.21. The molecule has 8 heteroatoms. The summed E-state index contributed by atoms with van der Waals surface area (Å²) < 4.78 is 31.5. The van der Waals surface area contributed by atoms with Crippen LogP contribution in [0.4, 0.5) is 5.69 Å². The lowest BCUT2D eigenvalue weighted by Crippen LogP contribution is -2.13. The molecule has 2 N–H and O–H groups in total. The summed E-state index contributed by atoms with van der Waals surface area (Å²) in [7, 11) is -2.24. The Morgan fingerprint density at radius 2 is 2.21 bits per heavy atom. The molecule has 0 atom stereocenters. The summed E-state index contributed by atoms with van der Waals surface area (Å²) in [6, 6.07) is 4.56. The fourth-order valence-electron chi connectivity index (χ4n) is 1.46. The van der Waals surface area contributed by atoms with Crippen LogP contribution in [0.25, 0.3) is 0 Å². The first-order valence-corrected chi connectivity index (χ1v) is 7.63. The molecule has 6 nitrogen and oxygen atoms in total. The molecule has 0 bridgehead atoms. The molecular formula is C11H12N2O4S2. The number of ether oxygens (including phenoxy) is 1. The predicted molar refractivity (Wildman–Crippen MR) is 71.8 cm³/mol. The van der Waals surface area contributed by atoms with E-state index in [-0.39, 0.29) is 11.5 Å². The lowest BCUT2D eigenvalue weighted by molar-refractivity contribution is 0.282. The number of aliphatic hydroxyl groups excluding tert-OH is 1. The third kappa shape index (κ3) is 3.03. The predicted octanol–water partition coefficient (Wildman–Crippen LogP) is 1.44. The van der Waals surface area contributed by atoms with Crippen LogP contribution in [0.5, 0.6) is 5.88 Å². The standard InChI is InChI=1S/C11H12N2O4S2/c1-17-11-3-2-8(6-12-11)13-19(15,16)10-4-5-18-9(10)7-14/h2-6,13-14H,7H2,1H3. The van der Waals surface area contributed by atoms with Gasteiger partial charge in [0.2, 0.25) is 5.88 Å². The van der Waals surface area contributed by atoms with Crippen molar-refractivity contribution < 1.29 is 18.3 Å². The van der Waals surface area contributed by atoms with Crippen LogP contribution in [0.1, 0.15) is 4.88 Å². The van der Waals surface area contributed by atoms with Gasteiger partial charge >= 0.3 is 0 Å². The molecule has 102 valence electrons. The molecule has 19 heavy (non-hydrogen) atoms. The first kappa shape index (κ1) is 13.8. The number of rotatable bonds is 5. The van der Waals surface area contributed by atoms with E-state index in [4.69, 9.17) is 9.84 Å². The van der Waals surface area contributed by atoms with Gasteiger partial charge in [-0.05, 0) is 17.5 Å². The van der Waals surface area contributed by atoms with Crippen molar-refractivity contribution in [2.45, 2.75) is 11.5 Å². The second-order valence-electron chi connectivity index (χ2n) is 3.56. The van der Waals surface area contributed by atoms with Crippen molar-refractivity contribution in [2.75, 3.05) is 11.8 Å². The van der Waals surface area contributed by atoms with Crippen LogP contribution in [0, 0.1) is 0 Å². The van der Waals surface area contributed by atoms with Crippen LogP contribution in [0.15, 0.2) is 34.7 Å². The van der Waals surface area contributed by atoms with E-state index in [0.29, 0.717) is 16.4 Å². The molecule has 0 fully saturated rings. The minimum atomic E-state index is -3.71. The largest absolute Gasteiger partial charge is 0.481 e. The molecule has 2 heterocycles. The number of thiophene rings is 1.